The Morgan fingerprint density at radius 1 is 1.20 bits per heavy atom. The van der Waals surface area contributed by atoms with Crippen LogP contribution in [0.25, 0.3) is 0 Å². The summed E-state index contributed by atoms with van der Waals surface area (Å²) in [6.07, 6.45) is 0. The summed E-state index contributed by atoms with van der Waals surface area (Å²) < 4.78 is 0. The summed E-state index contributed by atoms with van der Waals surface area (Å²) in [7, 11) is 0. The van der Waals surface area contributed by atoms with E-state index in [0.717, 1.165) is 10.5 Å². The van der Waals surface area contributed by atoms with Gasteiger partial charge in [0, 0.05) is 9.92 Å². The number of hydrogen-bond donors (Lipinski definition) is 1. The Labute approximate surface area is 75.6 Å². The van der Waals surface area contributed by atoms with Gasteiger partial charge in [-0.2, -0.15) is 0 Å². The molecule has 54 valence electrons. The highest BCUT2D eigenvalue weighted by atomic mass is 35.5. The Bertz CT molecular complexity index is 208. The molecule has 10 heavy (non-hydrogen) atoms. The fraction of sp³-hybridized carbons (Fsp3) is 0.143. The van der Waals surface area contributed by atoms with Crippen LogP contribution in [0.1, 0.15) is 5.56 Å². The number of rotatable bonds is 0. The van der Waals surface area contributed by atoms with E-state index in [1.807, 2.05) is 6.92 Å². The lowest BCUT2D eigenvalue weighted by atomic mass is 10.2. The van der Waals surface area contributed by atoms with Gasteiger partial charge in [0.15, 0.2) is 0 Å². The summed E-state index contributed by atoms with van der Waals surface area (Å²) in [4.78, 5) is 0.720. The fourth-order valence-electron chi connectivity index (χ4n) is 0.636. The van der Waals surface area contributed by atoms with Crippen LogP contribution in [-0.2, 0) is 0 Å². The molecule has 0 saturated carbocycles. The van der Waals surface area contributed by atoms with E-state index in [9.17, 15) is 0 Å². The number of halogens is 2. The maximum atomic E-state index is 5.78. The quantitative estimate of drug-likeness (QED) is 0.598. The second-order valence-electron chi connectivity index (χ2n) is 2.05. The van der Waals surface area contributed by atoms with Gasteiger partial charge in [0.05, 0.1) is 5.02 Å². The van der Waals surface area contributed by atoms with Gasteiger partial charge >= 0.3 is 0 Å². The SMILES string of the molecule is Cc1cc(Cl)c(S)cc1Cl. The number of hydrogen-bond acceptors (Lipinski definition) is 1. The highest BCUT2D eigenvalue weighted by Gasteiger charge is 1.99. The van der Waals surface area contributed by atoms with E-state index in [2.05, 4.69) is 12.6 Å². The lowest BCUT2D eigenvalue weighted by molar-refractivity contribution is 1.38. The molecule has 0 nitrogen and oxygen atoms in total. The van der Waals surface area contributed by atoms with Crippen LogP contribution >= 0.6 is 35.8 Å². The predicted octanol–water partition coefficient (Wildman–Crippen LogP) is 3.59. The first kappa shape index (κ1) is 8.25. The lowest BCUT2D eigenvalue weighted by Gasteiger charge is -2.00. The molecule has 1 aromatic rings. The first-order chi connectivity index (χ1) is 4.61. The van der Waals surface area contributed by atoms with Gasteiger partial charge in [-0.1, -0.05) is 23.2 Å². The van der Waals surface area contributed by atoms with Gasteiger partial charge in [0.2, 0.25) is 0 Å². The molecule has 1 rings (SSSR count). The van der Waals surface area contributed by atoms with Crippen molar-refractivity contribution in [2.24, 2.45) is 0 Å². The normalized spacial score (nSPS) is 10.0. The topological polar surface area (TPSA) is 0 Å². The molecule has 0 unspecified atom stereocenters. The number of benzene rings is 1. The van der Waals surface area contributed by atoms with Crippen LogP contribution in [0.4, 0.5) is 0 Å². The monoisotopic (exact) mass is 192 g/mol. The molecule has 0 aromatic heterocycles. The van der Waals surface area contributed by atoms with Crippen LogP contribution in [0.3, 0.4) is 0 Å². The summed E-state index contributed by atoms with van der Waals surface area (Å²) >= 11 is 15.6. The minimum Gasteiger partial charge on any atom is -0.142 e. The number of aryl methyl sites for hydroxylation is 1. The van der Waals surface area contributed by atoms with Gasteiger partial charge in [-0.15, -0.1) is 12.6 Å². The van der Waals surface area contributed by atoms with Gasteiger partial charge in [0.1, 0.15) is 0 Å². The Morgan fingerprint density at radius 3 is 2.30 bits per heavy atom. The fourth-order valence-corrected chi connectivity index (χ4v) is 1.29. The van der Waals surface area contributed by atoms with Crippen molar-refractivity contribution < 1.29 is 0 Å². The Balaban J connectivity index is 3.28. The Hall–Kier alpha value is 0.150. The first-order valence-electron chi connectivity index (χ1n) is 2.76. The molecule has 0 aliphatic rings. The smallest absolute Gasteiger partial charge is 0.0542 e. The standard InChI is InChI=1S/C7H6Cl2S/c1-4-2-6(9)7(10)3-5(4)8/h2-3,10H,1H3. The minimum absolute atomic E-state index is 0.644. The van der Waals surface area contributed by atoms with E-state index < -0.39 is 0 Å². The van der Waals surface area contributed by atoms with Gasteiger partial charge in [-0.05, 0) is 24.6 Å². The zero-order valence-corrected chi connectivity index (χ0v) is 7.76. The van der Waals surface area contributed by atoms with Crippen LogP contribution in [0.15, 0.2) is 17.0 Å². The molecule has 3 heteroatoms. The number of thiol groups is 1. The predicted molar refractivity (Wildman–Crippen MR) is 48.5 cm³/mol. The molecule has 0 fully saturated rings. The van der Waals surface area contributed by atoms with Crippen molar-refractivity contribution in [3.8, 4) is 0 Å². The highest BCUT2D eigenvalue weighted by Crippen LogP contribution is 2.26. The third-order valence-corrected chi connectivity index (χ3v) is 2.45. The van der Waals surface area contributed by atoms with E-state index in [4.69, 9.17) is 23.2 Å². The summed E-state index contributed by atoms with van der Waals surface area (Å²) in [5.41, 5.74) is 0.976. The highest BCUT2D eigenvalue weighted by molar-refractivity contribution is 7.80. The maximum absolute atomic E-state index is 5.78. The van der Waals surface area contributed by atoms with E-state index in [1.54, 1.807) is 12.1 Å². The molecule has 0 N–H and O–H groups in total. The third-order valence-electron chi connectivity index (χ3n) is 1.23. The molecule has 0 saturated heterocycles. The van der Waals surface area contributed by atoms with Crippen molar-refractivity contribution in [3.05, 3.63) is 27.7 Å². The van der Waals surface area contributed by atoms with Crippen molar-refractivity contribution in [1.82, 2.24) is 0 Å². The van der Waals surface area contributed by atoms with Crippen molar-refractivity contribution in [2.45, 2.75) is 11.8 Å². The molecule has 0 radical (unpaired) electrons. The summed E-state index contributed by atoms with van der Waals surface area (Å²) in [6.45, 7) is 1.90. The van der Waals surface area contributed by atoms with Crippen molar-refractivity contribution in [1.29, 1.82) is 0 Å². The van der Waals surface area contributed by atoms with E-state index in [1.165, 1.54) is 0 Å². The van der Waals surface area contributed by atoms with E-state index >= 15 is 0 Å². The molecule has 1 aromatic carbocycles. The average molecular weight is 193 g/mol. The molecular weight excluding hydrogens is 187 g/mol. The minimum atomic E-state index is 0.644. The first-order valence-corrected chi connectivity index (χ1v) is 3.96. The van der Waals surface area contributed by atoms with Crippen LogP contribution in [0, 0.1) is 6.92 Å². The van der Waals surface area contributed by atoms with Crippen LogP contribution in [-0.4, -0.2) is 0 Å². The largest absolute Gasteiger partial charge is 0.142 e. The molecule has 0 bridgehead atoms. The Morgan fingerprint density at radius 2 is 1.80 bits per heavy atom. The zero-order chi connectivity index (χ0) is 7.72. The van der Waals surface area contributed by atoms with Gasteiger partial charge in [-0.25, -0.2) is 0 Å². The third kappa shape index (κ3) is 1.60. The molecule has 0 heterocycles. The maximum Gasteiger partial charge on any atom is 0.0542 e. The molecule has 0 amide bonds. The van der Waals surface area contributed by atoms with E-state index in [-0.39, 0.29) is 0 Å². The van der Waals surface area contributed by atoms with Crippen LogP contribution in [0.5, 0.6) is 0 Å². The molecule has 0 atom stereocenters. The molecule has 0 aliphatic heterocycles. The molecule has 0 spiro atoms. The van der Waals surface area contributed by atoms with Gasteiger partial charge in [0.25, 0.3) is 0 Å². The average Bonchev–Trinajstić information content (AvgIpc) is 1.84. The van der Waals surface area contributed by atoms with Gasteiger partial charge < -0.3 is 0 Å². The summed E-state index contributed by atoms with van der Waals surface area (Å²) in [5, 5.41) is 1.35. The summed E-state index contributed by atoms with van der Waals surface area (Å²) in [6, 6.07) is 3.54. The van der Waals surface area contributed by atoms with Gasteiger partial charge in [-0.3, -0.25) is 0 Å². The zero-order valence-electron chi connectivity index (χ0n) is 5.36. The second kappa shape index (κ2) is 3.04. The molecule has 0 aliphatic carbocycles. The summed E-state index contributed by atoms with van der Waals surface area (Å²) in [5.74, 6) is 0. The van der Waals surface area contributed by atoms with Crippen LogP contribution < -0.4 is 0 Å². The van der Waals surface area contributed by atoms with E-state index in [0.29, 0.717) is 10.0 Å². The van der Waals surface area contributed by atoms with Crippen LogP contribution in [0.2, 0.25) is 10.0 Å². The second-order valence-corrected chi connectivity index (χ2v) is 3.35. The van der Waals surface area contributed by atoms with Crippen molar-refractivity contribution in [2.75, 3.05) is 0 Å². The Kier molecular flexibility index (Phi) is 2.50. The van der Waals surface area contributed by atoms with Crippen molar-refractivity contribution in [3.63, 3.8) is 0 Å². The van der Waals surface area contributed by atoms with Crippen molar-refractivity contribution >= 4 is 35.8 Å². The lowest BCUT2D eigenvalue weighted by Crippen LogP contribution is -1.76. The molecular formula is C7H6Cl2S.